The third-order valence-electron chi connectivity index (χ3n) is 12.9. The van der Waals surface area contributed by atoms with Crippen molar-refractivity contribution in [2.24, 2.45) is 61.1 Å². The van der Waals surface area contributed by atoms with Gasteiger partial charge in [-0.2, -0.15) is 0 Å². The van der Waals surface area contributed by atoms with E-state index in [1.165, 1.54) is 0 Å². The van der Waals surface area contributed by atoms with Gasteiger partial charge in [-0.05, 0) is 79.1 Å². The molecule has 228 valence electrons. The summed E-state index contributed by atoms with van der Waals surface area (Å²) in [6.07, 6.45) is 8.97. The lowest BCUT2D eigenvalue weighted by atomic mass is 9.34. The molecule has 0 spiro atoms. The predicted octanol–water partition coefficient (Wildman–Crippen LogP) is 5.76. The highest BCUT2D eigenvalue weighted by Gasteiger charge is 2.71. The number of oxime groups is 1. The van der Waals surface area contributed by atoms with Gasteiger partial charge in [-0.25, -0.2) is 9.64 Å². The van der Waals surface area contributed by atoms with Crippen molar-refractivity contribution in [3.05, 3.63) is 34.8 Å². The molecule has 7 atom stereocenters. The first-order chi connectivity index (χ1) is 19.4. The Kier molecular flexibility index (Phi) is 7.01. The molecule has 0 aromatic rings. The Morgan fingerprint density at radius 3 is 2.40 bits per heavy atom. The zero-order valence-electron chi connectivity index (χ0n) is 26.3. The number of hydrogen-bond acceptors (Lipinski definition) is 6. The number of allylic oxidation sites excluding steroid dienone is 4. The number of aliphatic hydroxyl groups is 1. The molecular formula is C34H47N3O5. The Morgan fingerprint density at radius 2 is 1.76 bits per heavy atom. The van der Waals surface area contributed by atoms with Crippen molar-refractivity contribution >= 4 is 23.4 Å². The summed E-state index contributed by atoms with van der Waals surface area (Å²) in [5, 5.41) is 13.0. The average molecular weight is 578 g/mol. The van der Waals surface area contributed by atoms with Gasteiger partial charge in [-0.3, -0.25) is 4.79 Å². The SMILES string of the molecule is [C-]#[N+]C1=C[C@]2(C)C3=CC(=O)[C@@H]4[C@@H]5CC(C)(C)CC[C@]5(C(=O)O/N=C(\N)CCO)CC[C@@]4(C)[C@]3(C)CC[C@H]2C(C)(C)C1=O. The molecule has 0 aromatic heterocycles. The van der Waals surface area contributed by atoms with E-state index in [4.69, 9.17) is 17.1 Å². The van der Waals surface area contributed by atoms with Gasteiger partial charge >= 0.3 is 5.97 Å². The van der Waals surface area contributed by atoms with Crippen LogP contribution in [0.15, 0.2) is 28.6 Å². The number of carbonyl (C=O) groups excluding carboxylic acids is 3. The molecule has 3 N–H and O–H groups in total. The molecule has 0 radical (unpaired) electrons. The van der Waals surface area contributed by atoms with Crippen molar-refractivity contribution in [3.8, 4) is 0 Å². The highest BCUT2D eigenvalue weighted by atomic mass is 16.7. The van der Waals surface area contributed by atoms with Gasteiger partial charge in [0.25, 0.3) is 0 Å². The monoisotopic (exact) mass is 577 g/mol. The summed E-state index contributed by atoms with van der Waals surface area (Å²) in [6, 6.07) is 0. The third kappa shape index (κ3) is 4.02. The van der Waals surface area contributed by atoms with Crippen LogP contribution in [0.1, 0.15) is 99.8 Å². The highest BCUT2D eigenvalue weighted by Crippen LogP contribution is 2.74. The molecule has 0 unspecified atom stereocenters. The van der Waals surface area contributed by atoms with Crippen LogP contribution in [0.2, 0.25) is 0 Å². The van der Waals surface area contributed by atoms with Crippen LogP contribution in [0.25, 0.3) is 4.85 Å². The minimum Gasteiger partial charge on any atom is -0.396 e. The van der Waals surface area contributed by atoms with Crippen LogP contribution in [0.4, 0.5) is 0 Å². The molecular weight excluding hydrogens is 530 g/mol. The van der Waals surface area contributed by atoms with Crippen LogP contribution >= 0.6 is 0 Å². The summed E-state index contributed by atoms with van der Waals surface area (Å²) >= 11 is 0. The average Bonchev–Trinajstić information content (AvgIpc) is 2.90. The van der Waals surface area contributed by atoms with Gasteiger partial charge in [-0.15, -0.1) is 0 Å². The van der Waals surface area contributed by atoms with E-state index in [9.17, 15) is 19.5 Å². The maximum atomic E-state index is 14.6. The van der Waals surface area contributed by atoms with E-state index in [0.29, 0.717) is 19.3 Å². The summed E-state index contributed by atoms with van der Waals surface area (Å²) in [5.41, 5.74) is 4.11. The standard InChI is InChI=1S/C34H47N3O5/c1-29(2)12-14-34(28(41)42-37-25(35)10-16-38)15-13-33(7)26(20(34)18-29)22(39)17-24-31(5)19-21(36-8)27(40)30(3,4)23(31)9-11-32(24,33)6/h17,19-20,23,26,38H,9-16,18H2,1-7H3,(H2,35,37)/t20-,23-,26-,31-,32+,33+,34-/m0/s1. The Hall–Kier alpha value is -2.79. The van der Waals surface area contributed by atoms with E-state index in [1.807, 2.05) is 26.0 Å². The number of nitrogens with zero attached hydrogens (tertiary/aromatic N) is 2. The summed E-state index contributed by atoms with van der Waals surface area (Å²) < 4.78 is 0. The van der Waals surface area contributed by atoms with Crippen LogP contribution in [0.3, 0.4) is 0 Å². The smallest absolute Gasteiger partial charge is 0.341 e. The minimum atomic E-state index is -0.836. The van der Waals surface area contributed by atoms with E-state index in [2.05, 4.69) is 44.6 Å². The van der Waals surface area contributed by atoms with Crippen molar-refractivity contribution in [3.63, 3.8) is 0 Å². The minimum absolute atomic E-state index is 0.0104. The molecule has 0 aromatic carbocycles. The number of amidine groups is 1. The number of carbonyl (C=O) groups is 3. The lowest BCUT2D eigenvalue weighted by Gasteiger charge is -2.68. The maximum absolute atomic E-state index is 14.6. The van der Waals surface area contributed by atoms with E-state index in [1.54, 1.807) is 0 Å². The second kappa shape index (κ2) is 9.61. The first kappa shape index (κ1) is 30.7. The van der Waals surface area contributed by atoms with Crippen molar-refractivity contribution in [1.29, 1.82) is 0 Å². The molecule has 3 saturated carbocycles. The number of fused-ring (bicyclic) bond motifs is 7. The number of aliphatic hydroxyl groups excluding tert-OH is 1. The summed E-state index contributed by atoms with van der Waals surface area (Å²) in [6.45, 7) is 22.6. The molecule has 5 aliphatic carbocycles. The van der Waals surface area contributed by atoms with Gasteiger partial charge in [0, 0.05) is 23.2 Å². The van der Waals surface area contributed by atoms with E-state index in [-0.39, 0.29) is 64.7 Å². The van der Waals surface area contributed by atoms with Gasteiger partial charge in [0.15, 0.2) is 11.6 Å². The van der Waals surface area contributed by atoms with E-state index in [0.717, 1.165) is 31.3 Å². The molecule has 3 fully saturated rings. The summed E-state index contributed by atoms with van der Waals surface area (Å²) in [5.74, 6) is -1.02. The first-order valence-corrected chi connectivity index (χ1v) is 15.5. The number of nitrogens with two attached hydrogens (primary N) is 1. The van der Waals surface area contributed by atoms with Crippen molar-refractivity contribution in [2.45, 2.75) is 99.8 Å². The normalized spacial score (nSPS) is 42.1. The molecule has 0 saturated heterocycles. The Balaban J connectivity index is 1.63. The molecule has 0 aliphatic heterocycles. The van der Waals surface area contributed by atoms with Gasteiger partial charge in [-0.1, -0.05) is 65.3 Å². The predicted molar refractivity (Wildman–Crippen MR) is 159 cm³/mol. The fraction of sp³-hybridized carbons (Fsp3) is 0.735. The maximum Gasteiger partial charge on any atom is 0.341 e. The van der Waals surface area contributed by atoms with Crippen molar-refractivity contribution < 1.29 is 24.3 Å². The van der Waals surface area contributed by atoms with Gasteiger partial charge < -0.3 is 20.5 Å². The van der Waals surface area contributed by atoms with Crippen LogP contribution in [-0.4, -0.2) is 35.1 Å². The second-order valence-corrected chi connectivity index (χ2v) is 15.8. The molecule has 8 heteroatoms. The first-order valence-electron chi connectivity index (χ1n) is 15.5. The van der Waals surface area contributed by atoms with Crippen LogP contribution in [0.5, 0.6) is 0 Å². The molecule has 0 bridgehead atoms. The van der Waals surface area contributed by atoms with Crippen molar-refractivity contribution in [1.82, 2.24) is 0 Å². The molecule has 8 nitrogen and oxygen atoms in total. The topological polar surface area (TPSA) is 123 Å². The zero-order chi connectivity index (χ0) is 31.1. The van der Waals surface area contributed by atoms with E-state index < -0.39 is 27.6 Å². The van der Waals surface area contributed by atoms with Gasteiger partial charge in [0.05, 0.1) is 18.6 Å². The summed E-state index contributed by atoms with van der Waals surface area (Å²) in [4.78, 5) is 50.8. The Morgan fingerprint density at radius 1 is 1.10 bits per heavy atom. The fourth-order valence-corrected chi connectivity index (χ4v) is 10.3. The van der Waals surface area contributed by atoms with Crippen molar-refractivity contribution in [2.75, 3.05) is 6.61 Å². The molecule has 42 heavy (non-hydrogen) atoms. The Labute approximate surface area is 250 Å². The fourth-order valence-electron chi connectivity index (χ4n) is 10.3. The lowest BCUT2D eigenvalue weighted by molar-refractivity contribution is -0.193. The number of hydrogen-bond donors (Lipinski definition) is 2. The van der Waals surface area contributed by atoms with E-state index >= 15 is 0 Å². The second-order valence-electron chi connectivity index (χ2n) is 15.8. The molecule has 5 aliphatic rings. The largest absolute Gasteiger partial charge is 0.396 e. The third-order valence-corrected chi connectivity index (χ3v) is 12.9. The number of ketones is 2. The summed E-state index contributed by atoms with van der Waals surface area (Å²) in [7, 11) is 0. The van der Waals surface area contributed by atoms with Gasteiger partial charge in [0.2, 0.25) is 5.70 Å². The highest BCUT2D eigenvalue weighted by molar-refractivity contribution is 6.03. The quantitative estimate of drug-likeness (QED) is 0.144. The van der Waals surface area contributed by atoms with Crippen LogP contribution in [-0.2, 0) is 19.2 Å². The van der Waals surface area contributed by atoms with Crippen LogP contribution < -0.4 is 5.73 Å². The molecule has 0 heterocycles. The lowest BCUT2D eigenvalue weighted by Crippen LogP contribution is -2.65. The Bertz CT molecular complexity index is 1370. The molecule has 5 rings (SSSR count). The zero-order valence-corrected chi connectivity index (χ0v) is 26.3. The number of Topliss-reactive ketones (excluding diaryl/α,β-unsaturated/α-hetero) is 1. The van der Waals surface area contributed by atoms with Gasteiger partial charge in [0.1, 0.15) is 5.84 Å². The molecule has 0 amide bonds. The number of rotatable bonds is 4. The van der Waals surface area contributed by atoms with Crippen LogP contribution in [0, 0.1) is 56.8 Å².